The van der Waals surface area contributed by atoms with E-state index in [0.29, 0.717) is 22.0 Å². The molecule has 4 aromatic rings. The number of aromatic amines is 1. The highest BCUT2D eigenvalue weighted by atomic mass is 16.5. The van der Waals surface area contributed by atoms with Gasteiger partial charge in [-0.15, -0.1) is 0 Å². The van der Waals surface area contributed by atoms with E-state index in [1.54, 1.807) is 54.6 Å². The number of rotatable bonds is 5. The Morgan fingerprint density at radius 2 is 1.53 bits per heavy atom. The molecule has 2 N–H and O–H groups in total. The highest BCUT2D eigenvalue weighted by molar-refractivity contribution is 6.04. The molecule has 7 nitrogen and oxygen atoms in total. The van der Waals surface area contributed by atoms with Crippen molar-refractivity contribution in [3.8, 4) is 0 Å². The summed E-state index contributed by atoms with van der Waals surface area (Å²) in [5.41, 5.74) is 2.63. The number of nitrogens with zero attached hydrogens (tertiary/aromatic N) is 1. The molecule has 0 bridgehead atoms. The standard InChI is InChI=1S/C25H21N3O4/c1-15-12-16(2)14-18(13-15)26-24(30)22(17-8-4-3-5-9-17)32-25(31)21-19-10-6-7-11-20(19)23(29)28-27-21/h3-14,22H,1-2H3,(H,26,30)(H,28,29)/t22-/m1/s1. The zero-order valence-corrected chi connectivity index (χ0v) is 17.6. The molecule has 4 rings (SSSR count). The van der Waals surface area contributed by atoms with Gasteiger partial charge < -0.3 is 10.1 Å². The van der Waals surface area contributed by atoms with Crippen LogP contribution in [0.2, 0.25) is 0 Å². The molecule has 0 aliphatic rings. The SMILES string of the molecule is Cc1cc(C)cc(NC(=O)[C@H](OC(=O)c2n[nH]c(=O)c3ccccc23)c2ccccc2)c1. The van der Waals surface area contributed by atoms with E-state index >= 15 is 0 Å². The average molecular weight is 427 g/mol. The number of aromatic nitrogens is 2. The van der Waals surface area contributed by atoms with Crippen molar-refractivity contribution in [3.05, 3.63) is 106 Å². The fourth-order valence-corrected chi connectivity index (χ4v) is 3.59. The lowest BCUT2D eigenvalue weighted by atomic mass is 10.1. The average Bonchev–Trinajstić information content (AvgIpc) is 2.77. The first-order chi connectivity index (χ1) is 15.4. The zero-order valence-electron chi connectivity index (χ0n) is 17.6. The number of amides is 1. The minimum Gasteiger partial charge on any atom is -0.442 e. The lowest BCUT2D eigenvalue weighted by Gasteiger charge is -2.18. The molecule has 0 spiro atoms. The van der Waals surface area contributed by atoms with Crippen LogP contribution >= 0.6 is 0 Å². The largest absolute Gasteiger partial charge is 0.442 e. The Morgan fingerprint density at radius 1 is 0.906 bits per heavy atom. The van der Waals surface area contributed by atoms with Gasteiger partial charge in [-0.1, -0.05) is 54.6 Å². The third-order valence-corrected chi connectivity index (χ3v) is 4.94. The highest BCUT2D eigenvalue weighted by Crippen LogP contribution is 2.24. The second-order valence-corrected chi connectivity index (χ2v) is 7.51. The Labute approximate surface area is 184 Å². The van der Waals surface area contributed by atoms with Crippen LogP contribution in [0.15, 0.2) is 77.6 Å². The fourth-order valence-electron chi connectivity index (χ4n) is 3.59. The van der Waals surface area contributed by atoms with Crippen molar-refractivity contribution in [1.82, 2.24) is 10.2 Å². The van der Waals surface area contributed by atoms with Crippen LogP contribution in [0, 0.1) is 13.8 Å². The summed E-state index contributed by atoms with van der Waals surface area (Å²) in [5.74, 6) is -1.31. The van der Waals surface area contributed by atoms with Gasteiger partial charge in [0.2, 0.25) is 6.10 Å². The molecule has 0 unspecified atom stereocenters. The number of H-pyrrole nitrogens is 1. The van der Waals surface area contributed by atoms with Crippen LogP contribution in [0.1, 0.15) is 33.3 Å². The van der Waals surface area contributed by atoms with Gasteiger partial charge in [-0.25, -0.2) is 9.89 Å². The molecule has 1 amide bonds. The van der Waals surface area contributed by atoms with E-state index in [1.165, 1.54) is 0 Å². The van der Waals surface area contributed by atoms with Gasteiger partial charge in [0.15, 0.2) is 5.69 Å². The van der Waals surface area contributed by atoms with Gasteiger partial charge in [0.25, 0.3) is 11.5 Å². The number of fused-ring (bicyclic) bond motifs is 1. The van der Waals surface area contributed by atoms with Crippen LogP contribution in [0.3, 0.4) is 0 Å². The number of carbonyl (C=O) groups is 2. The monoisotopic (exact) mass is 427 g/mol. The number of hydrogen-bond acceptors (Lipinski definition) is 5. The molecule has 0 fully saturated rings. The summed E-state index contributed by atoms with van der Waals surface area (Å²) in [4.78, 5) is 38.2. The highest BCUT2D eigenvalue weighted by Gasteiger charge is 2.27. The maximum absolute atomic E-state index is 13.2. The summed E-state index contributed by atoms with van der Waals surface area (Å²) in [5, 5.41) is 9.68. The van der Waals surface area contributed by atoms with Crippen LogP contribution < -0.4 is 10.9 Å². The summed E-state index contributed by atoms with van der Waals surface area (Å²) in [6.07, 6.45) is -1.21. The number of carbonyl (C=O) groups excluding carboxylic acids is 2. The third-order valence-electron chi connectivity index (χ3n) is 4.94. The van der Waals surface area contributed by atoms with Crippen LogP contribution in [0.5, 0.6) is 0 Å². The summed E-state index contributed by atoms with van der Waals surface area (Å²) in [6, 6.07) is 21.0. The third kappa shape index (κ3) is 4.41. The lowest BCUT2D eigenvalue weighted by molar-refractivity contribution is -0.125. The zero-order chi connectivity index (χ0) is 22.7. The van der Waals surface area contributed by atoms with Gasteiger partial charge in [-0.2, -0.15) is 5.10 Å². The lowest BCUT2D eigenvalue weighted by Crippen LogP contribution is -2.27. The molecule has 1 heterocycles. The van der Waals surface area contributed by atoms with E-state index in [-0.39, 0.29) is 5.69 Å². The molecule has 0 radical (unpaired) electrons. The molecule has 32 heavy (non-hydrogen) atoms. The Balaban J connectivity index is 1.67. The molecule has 0 saturated carbocycles. The summed E-state index contributed by atoms with van der Waals surface area (Å²) < 4.78 is 5.63. The van der Waals surface area contributed by atoms with Crippen LogP contribution in [-0.2, 0) is 9.53 Å². The molecule has 3 aromatic carbocycles. The van der Waals surface area contributed by atoms with Gasteiger partial charge in [0.05, 0.1) is 5.39 Å². The molecule has 1 aromatic heterocycles. The number of esters is 1. The number of hydrogen-bond donors (Lipinski definition) is 2. The Morgan fingerprint density at radius 3 is 2.22 bits per heavy atom. The molecule has 1 atom stereocenters. The molecule has 0 aliphatic heterocycles. The number of anilines is 1. The summed E-state index contributed by atoms with van der Waals surface area (Å²) in [6.45, 7) is 3.87. The number of benzene rings is 3. The van der Waals surface area contributed by atoms with Crippen molar-refractivity contribution < 1.29 is 14.3 Å². The van der Waals surface area contributed by atoms with Gasteiger partial charge in [-0.3, -0.25) is 9.59 Å². The van der Waals surface area contributed by atoms with E-state index in [9.17, 15) is 14.4 Å². The maximum Gasteiger partial charge on any atom is 0.360 e. The second-order valence-electron chi connectivity index (χ2n) is 7.51. The smallest absolute Gasteiger partial charge is 0.360 e. The number of nitrogens with one attached hydrogen (secondary N) is 2. The molecule has 0 saturated heterocycles. The van der Waals surface area contributed by atoms with E-state index in [0.717, 1.165) is 11.1 Å². The second kappa shape index (κ2) is 8.85. The Bertz CT molecular complexity index is 1340. The fraction of sp³-hybridized carbons (Fsp3) is 0.120. The molecule has 0 aliphatic carbocycles. The van der Waals surface area contributed by atoms with E-state index in [2.05, 4.69) is 15.5 Å². The minimum absolute atomic E-state index is 0.0691. The van der Waals surface area contributed by atoms with Crippen molar-refractivity contribution >= 4 is 28.3 Å². The van der Waals surface area contributed by atoms with Gasteiger partial charge >= 0.3 is 5.97 Å². The van der Waals surface area contributed by atoms with E-state index in [4.69, 9.17) is 4.74 Å². The van der Waals surface area contributed by atoms with Gasteiger partial charge in [-0.05, 0) is 43.2 Å². The van der Waals surface area contributed by atoms with Gasteiger partial charge in [0, 0.05) is 16.6 Å². The number of aryl methyl sites for hydroxylation is 2. The van der Waals surface area contributed by atoms with E-state index < -0.39 is 23.5 Å². The first kappa shape index (κ1) is 21.0. The van der Waals surface area contributed by atoms with Crippen molar-refractivity contribution in [2.45, 2.75) is 20.0 Å². The van der Waals surface area contributed by atoms with Crippen LogP contribution in [-0.4, -0.2) is 22.1 Å². The Hall–Kier alpha value is -4.26. The van der Waals surface area contributed by atoms with Crippen molar-refractivity contribution in [2.24, 2.45) is 0 Å². The predicted molar refractivity (Wildman–Crippen MR) is 122 cm³/mol. The van der Waals surface area contributed by atoms with Crippen molar-refractivity contribution in [3.63, 3.8) is 0 Å². The van der Waals surface area contributed by atoms with Crippen molar-refractivity contribution in [1.29, 1.82) is 0 Å². The quantitative estimate of drug-likeness (QED) is 0.468. The first-order valence-corrected chi connectivity index (χ1v) is 10.0. The first-order valence-electron chi connectivity index (χ1n) is 10.0. The van der Waals surface area contributed by atoms with Crippen LogP contribution in [0.4, 0.5) is 5.69 Å². The van der Waals surface area contributed by atoms with E-state index in [1.807, 2.05) is 32.0 Å². The normalized spacial score (nSPS) is 11.7. The minimum atomic E-state index is -1.21. The Kier molecular flexibility index (Phi) is 5.81. The predicted octanol–water partition coefficient (Wildman–Crippen LogP) is 4.08. The van der Waals surface area contributed by atoms with Gasteiger partial charge in [0.1, 0.15) is 0 Å². The molecule has 160 valence electrons. The topological polar surface area (TPSA) is 101 Å². The summed E-state index contributed by atoms with van der Waals surface area (Å²) in [7, 11) is 0. The van der Waals surface area contributed by atoms with Crippen molar-refractivity contribution in [2.75, 3.05) is 5.32 Å². The molecular formula is C25H21N3O4. The summed E-state index contributed by atoms with van der Waals surface area (Å²) >= 11 is 0. The van der Waals surface area contributed by atoms with Crippen LogP contribution in [0.25, 0.3) is 10.8 Å². The number of ether oxygens (including phenoxy) is 1. The molecular weight excluding hydrogens is 406 g/mol. The maximum atomic E-state index is 13.2. The molecule has 7 heteroatoms.